The number of ether oxygens (including phenoxy) is 3. The number of nitrogens with one attached hydrogen (secondary N) is 2. The summed E-state index contributed by atoms with van der Waals surface area (Å²) in [4.78, 5) is 24.0. The van der Waals surface area contributed by atoms with Gasteiger partial charge in [0.05, 0.1) is 26.4 Å². The lowest BCUT2D eigenvalue weighted by atomic mass is 10.1. The van der Waals surface area contributed by atoms with Crippen LogP contribution in [0.3, 0.4) is 0 Å². The first-order valence-corrected chi connectivity index (χ1v) is 9.61. The van der Waals surface area contributed by atoms with E-state index in [-0.39, 0.29) is 12.0 Å². The molecule has 0 fully saturated rings. The molecule has 0 saturated heterocycles. The van der Waals surface area contributed by atoms with E-state index in [4.69, 9.17) is 14.2 Å². The van der Waals surface area contributed by atoms with E-state index < -0.39 is 0 Å². The zero-order valence-corrected chi connectivity index (χ0v) is 17.1. The Balaban J connectivity index is 1.82. The largest absolute Gasteiger partial charge is 0.493 e. The fourth-order valence-corrected chi connectivity index (χ4v) is 2.72. The summed E-state index contributed by atoms with van der Waals surface area (Å²) in [6.45, 7) is 2.87. The Hall–Kier alpha value is -3.22. The van der Waals surface area contributed by atoms with E-state index >= 15 is 0 Å². The van der Waals surface area contributed by atoms with Crippen molar-refractivity contribution in [2.75, 3.05) is 32.7 Å². The molecular formula is C22H28N2O5. The predicted octanol–water partition coefficient (Wildman–Crippen LogP) is 4.02. The van der Waals surface area contributed by atoms with Crippen molar-refractivity contribution in [3.63, 3.8) is 0 Å². The van der Waals surface area contributed by atoms with Crippen LogP contribution in [0.2, 0.25) is 0 Å². The molecule has 0 radical (unpaired) electrons. The van der Waals surface area contributed by atoms with Crippen molar-refractivity contribution < 1.29 is 23.8 Å². The van der Waals surface area contributed by atoms with Crippen LogP contribution in [0.5, 0.6) is 11.5 Å². The molecule has 2 aromatic carbocycles. The number of methoxy groups -OCH3 is 2. The van der Waals surface area contributed by atoms with Gasteiger partial charge in [-0.15, -0.1) is 0 Å². The molecule has 0 heterocycles. The highest BCUT2D eigenvalue weighted by Crippen LogP contribution is 2.30. The topological polar surface area (TPSA) is 85.9 Å². The lowest BCUT2D eigenvalue weighted by molar-refractivity contribution is 0.0500. The number of benzene rings is 2. The highest BCUT2D eigenvalue weighted by molar-refractivity contribution is 5.92. The molecule has 0 aromatic heterocycles. The summed E-state index contributed by atoms with van der Waals surface area (Å²) in [5.74, 6) is 0.961. The number of unbranched alkanes of at least 4 members (excludes halogenated alkanes) is 1. The zero-order chi connectivity index (χ0) is 21.1. The summed E-state index contributed by atoms with van der Waals surface area (Å²) in [5.41, 5.74) is 1.99. The summed E-state index contributed by atoms with van der Waals surface area (Å²) in [6.07, 6.45) is 2.40. The Morgan fingerprint density at radius 1 is 1.00 bits per heavy atom. The summed E-state index contributed by atoms with van der Waals surface area (Å²) >= 11 is 0. The fraction of sp³-hybridized carbons (Fsp3) is 0.364. The standard InChI is InChI=1S/C22H28N2O5/c1-4-5-15-29-21(25)17-9-11-18(12-10-17)24-22(26)23-14-13-16-7-6-8-19(27-2)20(16)28-3/h6-12H,4-5,13-15H2,1-3H3,(H2,23,24,26). The number of hydrogen-bond acceptors (Lipinski definition) is 5. The van der Waals surface area contributed by atoms with Gasteiger partial charge in [0, 0.05) is 12.2 Å². The Labute approximate surface area is 171 Å². The number of rotatable bonds is 10. The van der Waals surface area contributed by atoms with Crippen molar-refractivity contribution in [1.82, 2.24) is 5.32 Å². The lowest BCUT2D eigenvalue weighted by Gasteiger charge is -2.13. The molecular weight excluding hydrogens is 372 g/mol. The van der Waals surface area contributed by atoms with Crippen LogP contribution in [0.1, 0.15) is 35.7 Å². The molecule has 0 aliphatic carbocycles. The fourth-order valence-electron chi connectivity index (χ4n) is 2.72. The van der Waals surface area contributed by atoms with Gasteiger partial charge in [-0.05, 0) is 48.7 Å². The van der Waals surface area contributed by atoms with Crippen LogP contribution in [0.25, 0.3) is 0 Å². The van der Waals surface area contributed by atoms with E-state index in [0.717, 1.165) is 18.4 Å². The van der Waals surface area contributed by atoms with E-state index in [9.17, 15) is 9.59 Å². The zero-order valence-electron chi connectivity index (χ0n) is 17.1. The van der Waals surface area contributed by atoms with Crippen LogP contribution in [0.15, 0.2) is 42.5 Å². The van der Waals surface area contributed by atoms with Crippen LogP contribution in [-0.4, -0.2) is 39.4 Å². The maximum Gasteiger partial charge on any atom is 0.338 e. The molecule has 0 spiro atoms. The van der Waals surface area contributed by atoms with Gasteiger partial charge in [0.1, 0.15) is 0 Å². The van der Waals surface area contributed by atoms with Crippen molar-refractivity contribution >= 4 is 17.7 Å². The van der Waals surface area contributed by atoms with Crippen LogP contribution < -0.4 is 20.1 Å². The summed E-state index contributed by atoms with van der Waals surface area (Å²) in [5, 5.41) is 5.54. The van der Waals surface area contributed by atoms with Gasteiger partial charge in [-0.3, -0.25) is 0 Å². The van der Waals surface area contributed by atoms with Crippen LogP contribution in [0, 0.1) is 0 Å². The molecule has 7 heteroatoms. The molecule has 0 aliphatic heterocycles. The Morgan fingerprint density at radius 3 is 2.41 bits per heavy atom. The molecule has 0 aliphatic rings. The molecule has 156 valence electrons. The Kier molecular flexibility index (Phi) is 8.82. The number of carbonyl (C=O) groups is 2. The van der Waals surface area contributed by atoms with Crippen LogP contribution in [-0.2, 0) is 11.2 Å². The van der Waals surface area contributed by atoms with Gasteiger partial charge in [-0.2, -0.15) is 0 Å². The van der Waals surface area contributed by atoms with E-state index in [0.29, 0.717) is 42.3 Å². The number of urea groups is 1. The third-order valence-electron chi connectivity index (χ3n) is 4.27. The van der Waals surface area contributed by atoms with Crippen LogP contribution >= 0.6 is 0 Å². The minimum absolute atomic E-state index is 0.329. The van der Waals surface area contributed by atoms with Crippen molar-refractivity contribution in [2.45, 2.75) is 26.2 Å². The number of carbonyl (C=O) groups excluding carboxylic acids is 2. The molecule has 29 heavy (non-hydrogen) atoms. The molecule has 2 rings (SSSR count). The minimum atomic E-state index is -0.360. The van der Waals surface area contributed by atoms with Crippen molar-refractivity contribution in [1.29, 1.82) is 0 Å². The number of anilines is 1. The third kappa shape index (κ3) is 6.71. The summed E-state index contributed by atoms with van der Waals surface area (Å²) in [6, 6.07) is 11.9. The van der Waals surface area contributed by atoms with E-state index in [1.54, 1.807) is 38.5 Å². The van der Waals surface area contributed by atoms with Crippen molar-refractivity contribution in [3.8, 4) is 11.5 Å². The predicted molar refractivity (Wildman–Crippen MR) is 112 cm³/mol. The molecule has 2 amide bonds. The van der Waals surface area contributed by atoms with Gasteiger partial charge >= 0.3 is 12.0 Å². The average molecular weight is 400 g/mol. The average Bonchev–Trinajstić information content (AvgIpc) is 2.74. The molecule has 2 aromatic rings. The van der Waals surface area contributed by atoms with Gasteiger partial charge in [0.2, 0.25) is 0 Å². The van der Waals surface area contributed by atoms with Crippen molar-refractivity contribution in [3.05, 3.63) is 53.6 Å². The first kappa shape index (κ1) is 22.1. The first-order valence-electron chi connectivity index (χ1n) is 9.61. The minimum Gasteiger partial charge on any atom is -0.493 e. The van der Waals surface area contributed by atoms with Gasteiger partial charge in [0.15, 0.2) is 11.5 Å². The quantitative estimate of drug-likeness (QED) is 0.465. The second-order valence-corrected chi connectivity index (χ2v) is 6.35. The van der Waals surface area contributed by atoms with Gasteiger partial charge in [-0.25, -0.2) is 9.59 Å². The SMILES string of the molecule is CCCCOC(=O)c1ccc(NC(=O)NCCc2cccc(OC)c2OC)cc1. The second-order valence-electron chi connectivity index (χ2n) is 6.35. The van der Waals surface area contributed by atoms with Gasteiger partial charge < -0.3 is 24.8 Å². The molecule has 2 N–H and O–H groups in total. The Bertz CT molecular complexity index is 805. The van der Waals surface area contributed by atoms with E-state index in [1.165, 1.54) is 0 Å². The molecule has 0 atom stereocenters. The second kappa shape index (κ2) is 11.6. The summed E-state index contributed by atoms with van der Waals surface area (Å²) in [7, 11) is 3.17. The highest BCUT2D eigenvalue weighted by Gasteiger charge is 2.10. The van der Waals surface area contributed by atoms with E-state index in [1.807, 2.05) is 25.1 Å². The van der Waals surface area contributed by atoms with Crippen molar-refractivity contribution in [2.24, 2.45) is 0 Å². The maximum absolute atomic E-state index is 12.1. The lowest BCUT2D eigenvalue weighted by Crippen LogP contribution is -2.30. The number of amides is 2. The molecule has 7 nitrogen and oxygen atoms in total. The summed E-state index contributed by atoms with van der Waals surface area (Å²) < 4.78 is 15.8. The molecule has 0 saturated carbocycles. The number of hydrogen-bond donors (Lipinski definition) is 2. The Morgan fingerprint density at radius 2 is 1.76 bits per heavy atom. The molecule has 0 unspecified atom stereocenters. The third-order valence-corrected chi connectivity index (χ3v) is 4.27. The maximum atomic E-state index is 12.1. The van der Waals surface area contributed by atoms with Crippen LogP contribution in [0.4, 0.5) is 10.5 Å². The number of para-hydroxylation sites is 1. The smallest absolute Gasteiger partial charge is 0.338 e. The number of esters is 1. The van der Waals surface area contributed by atoms with Gasteiger partial charge in [-0.1, -0.05) is 25.5 Å². The monoisotopic (exact) mass is 400 g/mol. The molecule has 0 bridgehead atoms. The normalized spacial score (nSPS) is 10.2. The highest BCUT2D eigenvalue weighted by atomic mass is 16.5. The van der Waals surface area contributed by atoms with E-state index in [2.05, 4.69) is 10.6 Å². The van der Waals surface area contributed by atoms with Gasteiger partial charge in [0.25, 0.3) is 0 Å². The first-order chi connectivity index (χ1) is 14.1.